The number of rotatable bonds is 7. The summed E-state index contributed by atoms with van der Waals surface area (Å²) in [6, 6.07) is 14.4. The molecule has 0 aliphatic carbocycles. The highest BCUT2D eigenvalue weighted by atomic mass is 32.1. The van der Waals surface area contributed by atoms with Gasteiger partial charge in [-0.25, -0.2) is 4.98 Å². The van der Waals surface area contributed by atoms with Gasteiger partial charge >= 0.3 is 0 Å². The Labute approximate surface area is 175 Å². The molecular formula is C23H27N3O2S. The Morgan fingerprint density at radius 2 is 2.00 bits per heavy atom. The van der Waals surface area contributed by atoms with Crippen molar-refractivity contribution in [1.82, 2.24) is 15.2 Å². The number of furan rings is 1. The lowest BCUT2D eigenvalue weighted by atomic mass is 10.0. The molecule has 1 amide bonds. The molecule has 3 heterocycles. The molecule has 1 fully saturated rings. The number of aromatic nitrogens is 1. The Bertz CT molecular complexity index is 927. The summed E-state index contributed by atoms with van der Waals surface area (Å²) in [6.07, 6.45) is 3.34. The van der Waals surface area contributed by atoms with E-state index in [-0.39, 0.29) is 11.9 Å². The number of aryl methyl sites for hydroxylation is 2. The second kappa shape index (κ2) is 9.37. The predicted molar refractivity (Wildman–Crippen MR) is 116 cm³/mol. The highest BCUT2D eigenvalue weighted by Crippen LogP contribution is 2.26. The van der Waals surface area contributed by atoms with Gasteiger partial charge in [0, 0.05) is 37.5 Å². The predicted octanol–water partition coefficient (Wildman–Crippen LogP) is 4.42. The molecule has 2 aromatic heterocycles. The molecule has 1 aromatic carbocycles. The third-order valence-corrected chi connectivity index (χ3v) is 6.23. The second-order valence-corrected chi connectivity index (χ2v) is 8.52. The molecule has 0 saturated carbocycles. The van der Waals surface area contributed by atoms with Crippen LogP contribution < -0.4 is 5.32 Å². The molecule has 5 nitrogen and oxygen atoms in total. The van der Waals surface area contributed by atoms with Gasteiger partial charge in [0.15, 0.2) is 10.8 Å². The minimum absolute atomic E-state index is 0.158. The number of hydrogen-bond acceptors (Lipinski definition) is 5. The highest BCUT2D eigenvalue weighted by molar-refractivity contribution is 7.13. The van der Waals surface area contributed by atoms with Crippen molar-refractivity contribution >= 4 is 17.2 Å². The Morgan fingerprint density at radius 1 is 1.21 bits per heavy atom. The van der Waals surface area contributed by atoms with E-state index in [0.717, 1.165) is 61.1 Å². The van der Waals surface area contributed by atoms with E-state index >= 15 is 0 Å². The first kappa shape index (κ1) is 19.9. The Balaban J connectivity index is 1.19. The van der Waals surface area contributed by atoms with Crippen LogP contribution in [0.3, 0.4) is 0 Å². The van der Waals surface area contributed by atoms with Crippen molar-refractivity contribution in [3.05, 3.63) is 64.9 Å². The van der Waals surface area contributed by atoms with E-state index in [1.807, 2.05) is 37.3 Å². The first-order valence-electron chi connectivity index (χ1n) is 10.2. The summed E-state index contributed by atoms with van der Waals surface area (Å²) >= 11 is 1.63. The summed E-state index contributed by atoms with van der Waals surface area (Å²) in [5.41, 5.74) is 2.30. The highest BCUT2D eigenvalue weighted by Gasteiger charge is 2.21. The monoisotopic (exact) mass is 409 g/mol. The van der Waals surface area contributed by atoms with Crippen molar-refractivity contribution in [2.75, 3.05) is 13.1 Å². The molecule has 1 aliphatic rings. The van der Waals surface area contributed by atoms with Gasteiger partial charge in [0.2, 0.25) is 5.91 Å². The van der Waals surface area contributed by atoms with Crippen LogP contribution >= 0.6 is 11.3 Å². The van der Waals surface area contributed by atoms with E-state index in [1.165, 1.54) is 5.56 Å². The lowest BCUT2D eigenvalue weighted by Crippen LogP contribution is -2.44. The standard InChI is InChI=1S/C23H27N3O2S/c1-17-7-9-21(28-17)23-25-20(16-29-23)15-26-13-11-19(12-14-26)24-22(27)10-8-18-5-3-2-4-6-18/h2-7,9,16,19H,8,10-15H2,1H3,(H,24,27). The van der Waals surface area contributed by atoms with Crippen molar-refractivity contribution in [2.24, 2.45) is 0 Å². The van der Waals surface area contributed by atoms with Crippen LogP contribution in [0.5, 0.6) is 0 Å². The number of likely N-dealkylation sites (tertiary alicyclic amines) is 1. The van der Waals surface area contributed by atoms with Crippen molar-refractivity contribution in [2.45, 2.75) is 45.2 Å². The maximum absolute atomic E-state index is 12.3. The van der Waals surface area contributed by atoms with Gasteiger partial charge in [0.05, 0.1) is 5.69 Å². The van der Waals surface area contributed by atoms with E-state index in [2.05, 4.69) is 27.7 Å². The topological polar surface area (TPSA) is 58.4 Å². The first-order chi connectivity index (χ1) is 14.2. The maximum Gasteiger partial charge on any atom is 0.220 e. The fourth-order valence-corrected chi connectivity index (χ4v) is 4.48. The maximum atomic E-state index is 12.3. The molecule has 1 N–H and O–H groups in total. The largest absolute Gasteiger partial charge is 0.459 e. The number of thiazole rings is 1. The number of hydrogen-bond donors (Lipinski definition) is 1. The lowest BCUT2D eigenvalue weighted by molar-refractivity contribution is -0.122. The number of carbonyl (C=O) groups excluding carboxylic acids is 1. The van der Waals surface area contributed by atoms with Crippen LogP contribution in [-0.4, -0.2) is 34.9 Å². The van der Waals surface area contributed by atoms with Gasteiger partial charge in [-0.15, -0.1) is 11.3 Å². The Morgan fingerprint density at radius 3 is 2.72 bits per heavy atom. The van der Waals surface area contributed by atoms with Crippen LogP contribution in [0.15, 0.2) is 52.3 Å². The zero-order chi connectivity index (χ0) is 20.1. The Kier molecular flexibility index (Phi) is 6.42. The molecule has 3 aromatic rings. The summed E-state index contributed by atoms with van der Waals surface area (Å²) in [5.74, 6) is 1.91. The third kappa shape index (κ3) is 5.55. The van der Waals surface area contributed by atoms with E-state index in [9.17, 15) is 4.79 Å². The summed E-state index contributed by atoms with van der Waals surface area (Å²) in [6.45, 7) is 4.76. The number of nitrogens with one attached hydrogen (secondary N) is 1. The van der Waals surface area contributed by atoms with Crippen molar-refractivity contribution < 1.29 is 9.21 Å². The van der Waals surface area contributed by atoms with Crippen LogP contribution in [-0.2, 0) is 17.8 Å². The number of piperidine rings is 1. The quantitative estimate of drug-likeness (QED) is 0.627. The molecule has 152 valence electrons. The van der Waals surface area contributed by atoms with Crippen LogP contribution in [0, 0.1) is 6.92 Å². The molecule has 4 rings (SSSR count). The summed E-state index contributed by atoms with van der Waals surface area (Å²) < 4.78 is 5.67. The zero-order valence-electron chi connectivity index (χ0n) is 16.8. The zero-order valence-corrected chi connectivity index (χ0v) is 17.6. The average molecular weight is 410 g/mol. The molecule has 0 atom stereocenters. The van der Waals surface area contributed by atoms with Gasteiger partial charge in [0.1, 0.15) is 5.76 Å². The van der Waals surface area contributed by atoms with Crippen LogP contribution in [0.2, 0.25) is 0 Å². The van der Waals surface area contributed by atoms with Gasteiger partial charge in [-0.1, -0.05) is 30.3 Å². The summed E-state index contributed by atoms with van der Waals surface area (Å²) in [5, 5.41) is 6.26. The molecule has 0 radical (unpaired) electrons. The molecule has 0 unspecified atom stereocenters. The van der Waals surface area contributed by atoms with E-state index in [1.54, 1.807) is 11.3 Å². The van der Waals surface area contributed by atoms with Crippen LogP contribution in [0.25, 0.3) is 10.8 Å². The average Bonchev–Trinajstić information content (AvgIpc) is 3.38. The lowest BCUT2D eigenvalue weighted by Gasteiger charge is -2.31. The van der Waals surface area contributed by atoms with Crippen molar-refractivity contribution in [3.8, 4) is 10.8 Å². The van der Waals surface area contributed by atoms with Gasteiger partial charge in [-0.3, -0.25) is 9.69 Å². The molecular weight excluding hydrogens is 382 g/mol. The van der Waals surface area contributed by atoms with E-state index in [0.29, 0.717) is 6.42 Å². The van der Waals surface area contributed by atoms with Crippen LogP contribution in [0.4, 0.5) is 0 Å². The number of amides is 1. The minimum Gasteiger partial charge on any atom is -0.459 e. The third-order valence-electron chi connectivity index (χ3n) is 5.32. The van der Waals surface area contributed by atoms with Gasteiger partial charge < -0.3 is 9.73 Å². The first-order valence-corrected chi connectivity index (χ1v) is 11.1. The van der Waals surface area contributed by atoms with Gasteiger partial charge in [-0.05, 0) is 43.9 Å². The molecule has 1 saturated heterocycles. The normalized spacial score (nSPS) is 15.5. The van der Waals surface area contributed by atoms with Crippen molar-refractivity contribution in [3.63, 3.8) is 0 Å². The fraction of sp³-hybridized carbons (Fsp3) is 0.391. The Hall–Kier alpha value is -2.44. The number of nitrogens with zero attached hydrogens (tertiary/aromatic N) is 2. The summed E-state index contributed by atoms with van der Waals surface area (Å²) in [4.78, 5) is 19.4. The van der Waals surface area contributed by atoms with Gasteiger partial charge in [-0.2, -0.15) is 0 Å². The minimum atomic E-state index is 0.158. The molecule has 1 aliphatic heterocycles. The molecule has 0 spiro atoms. The molecule has 6 heteroatoms. The van der Waals surface area contributed by atoms with Gasteiger partial charge in [0.25, 0.3) is 0 Å². The smallest absolute Gasteiger partial charge is 0.220 e. The SMILES string of the molecule is Cc1ccc(-c2nc(CN3CCC(NC(=O)CCc4ccccc4)CC3)cs2)o1. The molecule has 0 bridgehead atoms. The fourth-order valence-electron chi connectivity index (χ4n) is 3.71. The summed E-state index contributed by atoms with van der Waals surface area (Å²) in [7, 11) is 0. The molecule has 29 heavy (non-hydrogen) atoms. The van der Waals surface area contributed by atoms with E-state index < -0.39 is 0 Å². The van der Waals surface area contributed by atoms with Crippen LogP contribution in [0.1, 0.15) is 36.3 Å². The number of carbonyl (C=O) groups is 1. The number of benzene rings is 1. The van der Waals surface area contributed by atoms with Crippen molar-refractivity contribution in [1.29, 1.82) is 0 Å². The second-order valence-electron chi connectivity index (χ2n) is 7.66. The van der Waals surface area contributed by atoms with E-state index in [4.69, 9.17) is 9.40 Å².